The van der Waals surface area contributed by atoms with E-state index in [2.05, 4.69) is 25.7 Å². The standard InChI is InChI=1S/C19H15ClF3N7S/c1-11-5-3-4-6-13(11)17-25-26-18(29(17)2)31-10-16-24-27-28-30(16)15-8-7-12(20)9-14(15)19(21,22)23/h3-9H,10H2,1-2H3. The van der Waals surface area contributed by atoms with Crippen LogP contribution in [-0.4, -0.2) is 35.0 Å². The SMILES string of the molecule is Cc1ccccc1-c1nnc(SCc2nnnn2-c2ccc(Cl)cc2C(F)(F)F)n1C. The summed E-state index contributed by atoms with van der Waals surface area (Å²) in [6.45, 7) is 1.98. The minimum Gasteiger partial charge on any atom is -0.305 e. The number of rotatable bonds is 5. The summed E-state index contributed by atoms with van der Waals surface area (Å²) in [7, 11) is 1.83. The largest absolute Gasteiger partial charge is 0.418 e. The molecule has 0 saturated carbocycles. The number of nitrogens with zero attached hydrogens (tertiary/aromatic N) is 7. The molecule has 4 rings (SSSR count). The van der Waals surface area contributed by atoms with Gasteiger partial charge in [-0.25, -0.2) is 0 Å². The van der Waals surface area contributed by atoms with E-state index in [9.17, 15) is 13.2 Å². The van der Waals surface area contributed by atoms with Gasteiger partial charge in [0.05, 0.1) is 17.0 Å². The topological polar surface area (TPSA) is 74.3 Å². The summed E-state index contributed by atoms with van der Waals surface area (Å²) in [5.74, 6) is 1.11. The van der Waals surface area contributed by atoms with E-state index >= 15 is 0 Å². The maximum atomic E-state index is 13.5. The zero-order valence-corrected chi connectivity index (χ0v) is 17.9. The van der Waals surface area contributed by atoms with E-state index in [0.29, 0.717) is 11.0 Å². The number of benzene rings is 2. The average molecular weight is 466 g/mol. The molecule has 0 aliphatic rings. The predicted octanol–water partition coefficient (Wildman–Crippen LogP) is 4.73. The van der Waals surface area contributed by atoms with E-state index in [0.717, 1.165) is 21.9 Å². The van der Waals surface area contributed by atoms with Crippen LogP contribution < -0.4 is 0 Å². The summed E-state index contributed by atoms with van der Waals surface area (Å²) in [6.07, 6.45) is -4.61. The Kier molecular flexibility index (Phi) is 5.71. The molecule has 7 nitrogen and oxygen atoms in total. The molecule has 0 spiro atoms. The van der Waals surface area contributed by atoms with Crippen LogP contribution >= 0.6 is 23.4 Å². The minimum atomic E-state index is -4.61. The fraction of sp³-hybridized carbons (Fsp3) is 0.211. The fourth-order valence-electron chi connectivity index (χ4n) is 3.03. The van der Waals surface area contributed by atoms with Crippen LogP contribution in [0.3, 0.4) is 0 Å². The molecule has 160 valence electrons. The Morgan fingerprint density at radius 1 is 1.06 bits per heavy atom. The molecule has 0 N–H and O–H groups in total. The van der Waals surface area contributed by atoms with Crippen LogP contribution in [0.1, 0.15) is 17.0 Å². The number of aryl methyl sites for hydroxylation is 1. The first-order chi connectivity index (χ1) is 14.8. The highest BCUT2D eigenvalue weighted by molar-refractivity contribution is 7.98. The lowest BCUT2D eigenvalue weighted by atomic mass is 10.1. The number of halogens is 4. The molecule has 0 aliphatic heterocycles. The van der Waals surface area contributed by atoms with Gasteiger partial charge < -0.3 is 4.57 Å². The van der Waals surface area contributed by atoms with Crippen molar-refractivity contribution >= 4 is 23.4 Å². The van der Waals surface area contributed by atoms with Gasteiger partial charge in [0.15, 0.2) is 16.8 Å². The lowest BCUT2D eigenvalue weighted by Gasteiger charge is -2.13. The normalized spacial score (nSPS) is 11.8. The van der Waals surface area contributed by atoms with Gasteiger partial charge in [-0.05, 0) is 41.1 Å². The Morgan fingerprint density at radius 3 is 2.58 bits per heavy atom. The Morgan fingerprint density at radius 2 is 1.84 bits per heavy atom. The average Bonchev–Trinajstić information content (AvgIpc) is 3.33. The minimum absolute atomic E-state index is 0.0251. The van der Waals surface area contributed by atoms with E-state index in [1.54, 1.807) is 0 Å². The molecule has 0 bridgehead atoms. The van der Waals surface area contributed by atoms with Crippen LogP contribution in [0.5, 0.6) is 0 Å². The highest BCUT2D eigenvalue weighted by atomic mass is 35.5. The molecule has 12 heteroatoms. The third-order valence-electron chi connectivity index (χ3n) is 4.58. The van der Waals surface area contributed by atoms with Crippen LogP contribution in [0.4, 0.5) is 13.2 Å². The molecule has 0 fully saturated rings. The zero-order valence-electron chi connectivity index (χ0n) is 16.3. The molecular weight excluding hydrogens is 451 g/mol. The molecule has 31 heavy (non-hydrogen) atoms. The van der Waals surface area contributed by atoms with Gasteiger partial charge in [-0.15, -0.1) is 15.3 Å². The summed E-state index contributed by atoms with van der Waals surface area (Å²) in [4.78, 5) is 0. The van der Waals surface area contributed by atoms with E-state index in [4.69, 9.17) is 11.6 Å². The van der Waals surface area contributed by atoms with E-state index < -0.39 is 11.7 Å². The molecule has 0 aliphatic carbocycles. The van der Waals surface area contributed by atoms with Gasteiger partial charge >= 0.3 is 6.18 Å². The third kappa shape index (κ3) is 4.28. The second kappa shape index (κ2) is 8.31. The van der Waals surface area contributed by atoms with E-state index in [1.165, 1.54) is 23.9 Å². The van der Waals surface area contributed by atoms with Crippen LogP contribution in [-0.2, 0) is 19.0 Å². The Hall–Kier alpha value is -2.92. The van der Waals surface area contributed by atoms with Crippen LogP contribution in [0.15, 0.2) is 47.6 Å². The zero-order chi connectivity index (χ0) is 22.2. The van der Waals surface area contributed by atoms with Gasteiger partial charge in [0.2, 0.25) is 0 Å². The summed E-state index contributed by atoms with van der Waals surface area (Å²) in [5, 5.41) is 20.2. The summed E-state index contributed by atoms with van der Waals surface area (Å²) in [6, 6.07) is 11.3. The highest BCUT2D eigenvalue weighted by Gasteiger charge is 2.35. The molecule has 0 atom stereocenters. The van der Waals surface area contributed by atoms with Crippen LogP contribution in [0, 0.1) is 6.92 Å². The first-order valence-electron chi connectivity index (χ1n) is 8.98. The smallest absolute Gasteiger partial charge is 0.305 e. The quantitative estimate of drug-likeness (QED) is 0.397. The number of hydrogen-bond donors (Lipinski definition) is 0. The molecule has 4 aromatic rings. The third-order valence-corrected chi connectivity index (χ3v) is 5.83. The van der Waals surface area contributed by atoms with Crippen molar-refractivity contribution in [1.82, 2.24) is 35.0 Å². The maximum absolute atomic E-state index is 13.5. The predicted molar refractivity (Wildman–Crippen MR) is 110 cm³/mol. The highest BCUT2D eigenvalue weighted by Crippen LogP contribution is 2.36. The van der Waals surface area contributed by atoms with Crippen molar-refractivity contribution in [2.24, 2.45) is 7.05 Å². The van der Waals surface area contributed by atoms with Gasteiger partial charge in [0.25, 0.3) is 0 Å². The number of hydrogen-bond acceptors (Lipinski definition) is 6. The Balaban J connectivity index is 1.61. The van der Waals surface area contributed by atoms with Crippen molar-refractivity contribution in [3.63, 3.8) is 0 Å². The summed E-state index contributed by atoms with van der Waals surface area (Å²) >= 11 is 7.03. The van der Waals surface area contributed by atoms with E-state index in [-0.39, 0.29) is 22.3 Å². The monoisotopic (exact) mass is 465 g/mol. The number of tetrazole rings is 1. The molecular formula is C19H15ClF3N7S. The molecule has 2 aromatic heterocycles. The fourth-order valence-corrected chi connectivity index (χ4v) is 4.02. The van der Waals surface area contributed by atoms with Gasteiger partial charge in [-0.2, -0.15) is 17.9 Å². The molecule has 0 saturated heterocycles. The summed E-state index contributed by atoms with van der Waals surface area (Å²) < 4.78 is 43.3. The van der Waals surface area contributed by atoms with Crippen molar-refractivity contribution in [3.05, 3.63) is 64.4 Å². The number of aromatic nitrogens is 7. The molecule has 0 radical (unpaired) electrons. The Bertz CT molecular complexity index is 1240. The maximum Gasteiger partial charge on any atom is 0.418 e. The molecule has 2 heterocycles. The lowest BCUT2D eigenvalue weighted by Crippen LogP contribution is -2.13. The Labute approximate surface area is 184 Å². The van der Waals surface area contributed by atoms with Crippen molar-refractivity contribution in [2.75, 3.05) is 0 Å². The van der Waals surface area contributed by atoms with E-state index in [1.807, 2.05) is 42.8 Å². The first-order valence-corrected chi connectivity index (χ1v) is 10.3. The van der Waals surface area contributed by atoms with Crippen molar-refractivity contribution < 1.29 is 13.2 Å². The number of thioether (sulfide) groups is 1. The second-order valence-electron chi connectivity index (χ2n) is 6.63. The van der Waals surface area contributed by atoms with Gasteiger partial charge in [-0.3, -0.25) is 0 Å². The van der Waals surface area contributed by atoms with Gasteiger partial charge in [-0.1, -0.05) is 47.6 Å². The summed E-state index contributed by atoms with van der Waals surface area (Å²) in [5.41, 5.74) is 0.890. The van der Waals surface area contributed by atoms with Gasteiger partial charge in [0.1, 0.15) is 0 Å². The van der Waals surface area contributed by atoms with Crippen molar-refractivity contribution in [3.8, 4) is 17.1 Å². The number of alkyl halides is 3. The molecule has 0 unspecified atom stereocenters. The van der Waals surface area contributed by atoms with Gasteiger partial charge in [0, 0.05) is 17.6 Å². The molecule has 0 amide bonds. The lowest BCUT2D eigenvalue weighted by molar-refractivity contribution is -0.137. The molecule has 2 aromatic carbocycles. The van der Waals surface area contributed by atoms with Crippen molar-refractivity contribution in [2.45, 2.75) is 24.0 Å². The van der Waals surface area contributed by atoms with Crippen LogP contribution in [0.25, 0.3) is 17.1 Å². The second-order valence-corrected chi connectivity index (χ2v) is 8.01. The van der Waals surface area contributed by atoms with Crippen LogP contribution in [0.2, 0.25) is 5.02 Å². The first kappa shape index (κ1) is 21.3. The van der Waals surface area contributed by atoms with Crippen molar-refractivity contribution in [1.29, 1.82) is 0 Å².